The van der Waals surface area contributed by atoms with Gasteiger partial charge in [-0.1, -0.05) is 0 Å². The van der Waals surface area contributed by atoms with Crippen molar-refractivity contribution in [3.63, 3.8) is 0 Å². The van der Waals surface area contributed by atoms with E-state index in [0.717, 1.165) is 31.5 Å². The van der Waals surface area contributed by atoms with Crippen molar-refractivity contribution in [2.45, 2.75) is 51.4 Å². The molecule has 0 spiro atoms. The molecule has 2 fully saturated rings. The first kappa shape index (κ1) is 22.9. The normalized spacial score (nSPS) is 27.5. The van der Waals surface area contributed by atoms with E-state index in [1.807, 2.05) is 6.07 Å². The summed E-state index contributed by atoms with van der Waals surface area (Å²) < 4.78 is 13.0. The first-order chi connectivity index (χ1) is 16.2. The lowest BCUT2D eigenvalue weighted by Crippen LogP contribution is -2.55. The highest BCUT2D eigenvalue weighted by atomic mass is 16.5. The number of anilines is 1. The zero-order valence-corrected chi connectivity index (χ0v) is 19.9. The molecule has 1 amide bonds. The average molecular weight is 465 g/mol. The lowest BCUT2D eigenvalue weighted by Gasteiger charge is -2.53. The van der Waals surface area contributed by atoms with Crippen LogP contribution >= 0.6 is 0 Å². The van der Waals surface area contributed by atoms with Gasteiger partial charge in [0.15, 0.2) is 5.78 Å². The molecular weight excluding hydrogens is 432 g/mol. The number of rotatable bonds is 4. The molecule has 2 N–H and O–H groups in total. The molecule has 2 aromatic carbocycles. The van der Waals surface area contributed by atoms with Crippen LogP contribution in [0, 0.1) is 11.8 Å². The van der Waals surface area contributed by atoms with Crippen molar-refractivity contribution in [2.75, 3.05) is 25.0 Å². The fourth-order valence-electron chi connectivity index (χ4n) is 5.70. The van der Waals surface area contributed by atoms with Crippen LogP contribution in [0.4, 0.5) is 5.69 Å². The summed E-state index contributed by atoms with van der Waals surface area (Å²) in [5.74, 6) is 1.38. The van der Waals surface area contributed by atoms with Crippen molar-refractivity contribution in [2.24, 2.45) is 11.8 Å². The van der Waals surface area contributed by atoms with Gasteiger partial charge in [-0.25, -0.2) is 0 Å². The van der Waals surface area contributed by atoms with Crippen LogP contribution in [0.1, 0.15) is 55.6 Å². The first-order valence-electron chi connectivity index (χ1n) is 12.0. The fourth-order valence-corrected chi connectivity index (χ4v) is 5.70. The van der Waals surface area contributed by atoms with E-state index in [9.17, 15) is 14.7 Å². The maximum Gasteiger partial charge on any atom is 0.238 e. The Labute approximate surface area is 200 Å². The van der Waals surface area contributed by atoms with Gasteiger partial charge in [0.05, 0.1) is 18.8 Å². The smallest absolute Gasteiger partial charge is 0.238 e. The van der Waals surface area contributed by atoms with Crippen molar-refractivity contribution in [3.05, 3.63) is 53.6 Å². The van der Waals surface area contributed by atoms with Gasteiger partial charge in [-0.05, 0) is 75.9 Å². The Balaban J connectivity index is 1.23. The lowest BCUT2D eigenvalue weighted by molar-refractivity contribution is -0.187. The number of aromatic hydroxyl groups is 1. The number of carbonyl (C=O) groups excluding carboxylic acids is 2. The van der Waals surface area contributed by atoms with Crippen LogP contribution < -0.4 is 10.1 Å². The second-order valence-corrected chi connectivity index (χ2v) is 10.3. The Bertz CT molecular complexity index is 1100. The molecule has 180 valence electrons. The van der Waals surface area contributed by atoms with Crippen molar-refractivity contribution in [1.29, 1.82) is 0 Å². The fraction of sp³-hybridized carbons (Fsp3) is 0.481. The highest BCUT2D eigenvalue weighted by Gasteiger charge is 2.51. The summed E-state index contributed by atoms with van der Waals surface area (Å²) in [5.41, 5.74) is 1.92. The number of benzene rings is 2. The SMILES string of the molecule is CC(=O)c1ccc(NC(=O)CN2CC[C@H]3O[C@H]4c5ccc(O)cc5OC(C)(C)[C@@H]4C[C@@H]3C2)cc1. The maximum atomic E-state index is 12.7. The number of amides is 1. The van der Waals surface area contributed by atoms with Gasteiger partial charge < -0.3 is 19.9 Å². The molecule has 5 rings (SSSR count). The van der Waals surface area contributed by atoms with Gasteiger partial charge >= 0.3 is 0 Å². The summed E-state index contributed by atoms with van der Waals surface area (Å²) in [7, 11) is 0. The Morgan fingerprint density at radius 2 is 1.94 bits per heavy atom. The molecule has 3 heterocycles. The summed E-state index contributed by atoms with van der Waals surface area (Å²) in [4.78, 5) is 26.3. The van der Waals surface area contributed by atoms with E-state index in [1.54, 1.807) is 36.4 Å². The van der Waals surface area contributed by atoms with E-state index in [-0.39, 0.29) is 35.6 Å². The Kier molecular flexibility index (Phi) is 5.86. The van der Waals surface area contributed by atoms with Crippen LogP contribution in [0.2, 0.25) is 0 Å². The van der Waals surface area contributed by atoms with Gasteiger partial charge in [-0.2, -0.15) is 0 Å². The van der Waals surface area contributed by atoms with Crippen LogP contribution in [0.5, 0.6) is 11.5 Å². The van der Waals surface area contributed by atoms with Gasteiger partial charge in [-0.3, -0.25) is 14.5 Å². The predicted molar refractivity (Wildman–Crippen MR) is 128 cm³/mol. The number of ketones is 1. The third kappa shape index (κ3) is 4.42. The molecule has 0 aromatic heterocycles. The molecule has 0 aliphatic carbocycles. The number of piperidine rings is 1. The number of phenolic OH excluding ortho intramolecular Hbond substituents is 1. The van der Waals surface area contributed by atoms with Crippen molar-refractivity contribution in [1.82, 2.24) is 4.90 Å². The standard InChI is InChI=1S/C27H32N2O5/c1-16(30)17-4-6-19(7-5-17)28-25(32)15-29-11-10-23-18(14-29)12-22-26(33-23)21-9-8-20(31)13-24(21)34-27(22,2)3/h4-9,13,18,22-23,26,31H,10-12,14-15H2,1-3H3,(H,28,32)/t18-,22-,23-,26+/m1/s1. The number of fused-ring (bicyclic) bond motifs is 4. The molecule has 0 saturated carbocycles. The molecule has 34 heavy (non-hydrogen) atoms. The number of phenols is 1. The minimum atomic E-state index is -0.415. The molecule has 3 aliphatic heterocycles. The predicted octanol–water partition coefficient (Wildman–Crippen LogP) is 4.17. The molecule has 0 bridgehead atoms. The molecule has 7 nitrogen and oxygen atoms in total. The monoisotopic (exact) mass is 464 g/mol. The molecule has 3 aliphatic rings. The minimum absolute atomic E-state index is 0.00543. The second kappa shape index (κ2) is 8.71. The first-order valence-corrected chi connectivity index (χ1v) is 12.0. The van der Waals surface area contributed by atoms with E-state index in [1.165, 1.54) is 6.92 Å². The van der Waals surface area contributed by atoms with Gasteiger partial charge in [0.1, 0.15) is 17.1 Å². The molecule has 2 aromatic rings. The van der Waals surface area contributed by atoms with Gasteiger partial charge in [0.2, 0.25) is 5.91 Å². The van der Waals surface area contributed by atoms with Crippen molar-refractivity contribution >= 4 is 17.4 Å². The van der Waals surface area contributed by atoms with E-state index in [0.29, 0.717) is 29.5 Å². The second-order valence-electron chi connectivity index (χ2n) is 10.3. The number of nitrogens with one attached hydrogen (secondary N) is 1. The Morgan fingerprint density at radius 1 is 1.18 bits per heavy atom. The maximum absolute atomic E-state index is 12.7. The third-order valence-electron chi connectivity index (χ3n) is 7.50. The van der Waals surface area contributed by atoms with Gasteiger partial charge in [0, 0.05) is 41.9 Å². The van der Waals surface area contributed by atoms with E-state index in [4.69, 9.17) is 9.47 Å². The third-order valence-corrected chi connectivity index (χ3v) is 7.50. The lowest BCUT2D eigenvalue weighted by atomic mass is 9.70. The van der Waals surface area contributed by atoms with E-state index >= 15 is 0 Å². The number of hydrogen-bond donors (Lipinski definition) is 2. The summed E-state index contributed by atoms with van der Waals surface area (Å²) in [5, 5.41) is 12.8. The molecule has 0 radical (unpaired) electrons. The minimum Gasteiger partial charge on any atom is -0.508 e. The Morgan fingerprint density at radius 3 is 2.68 bits per heavy atom. The summed E-state index contributed by atoms with van der Waals surface area (Å²) in [6.45, 7) is 7.65. The Hall–Kier alpha value is -2.90. The van der Waals surface area contributed by atoms with E-state index in [2.05, 4.69) is 24.1 Å². The van der Waals surface area contributed by atoms with E-state index < -0.39 is 5.60 Å². The van der Waals surface area contributed by atoms with Crippen LogP contribution in [0.25, 0.3) is 0 Å². The highest BCUT2D eigenvalue weighted by Crippen LogP contribution is 2.53. The van der Waals surface area contributed by atoms with Gasteiger partial charge in [-0.15, -0.1) is 0 Å². The number of hydrogen-bond acceptors (Lipinski definition) is 6. The largest absolute Gasteiger partial charge is 0.508 e. The molecule has 2 saturated heterocycles. The molecule has 0 unspecified atom stereocenters. The molecule has 7 heteroatoms. The van der Waals surface area contributed by atoms with Gasteiger partial charge in [0.25, 0.3) is 0 Å². The number of Topliss-reactive ketones (excluding diaryl/α,β-unsaturated/α-hetero) is 1. The number of ether oxygens (including phenoxy) is 2. The molecule has 4 atom stereocenters. The zero-order valence-electron chi connectivity index (χ0n) is 19.9. The zero-order chi connectivity index (χ0) is 24.0. The number of likely N-dealkylation sites (tertiary alicyclic amines) is 1. The van der Waals surface area contributed by atoms with Crippen molar-refractivity contribution < 1.29 is 24.2 Å². The summed E-state index contributed by atoms with van der Waals surface area (Å²) in [6, 6.07) is 12.3. The van der Waals surface area contributed by atoms with Crippen LogP contribution in [-0.2, 0) is 9.53 Å². The van der Waals surface area contributed by atoms with Crippen LogP contribution in [0.15, 0.2) is 42.5 Å². The van der Waals surface area contributed by atoms with Crippen molar-refractivity contribution in [3.8, 4) is 11.5 Å². The highest BCUT2D eigenvalue weighted by molar-refractivity contribution is 5.96. The van der Waals surface area contributed by atoms with Crippen LogP contribution in [-0.4, -0.2) is 53.0 Å². The number of carbonyl (C=O) groups is 2. The van der Waals surface area contributed by atoms with Crippen LogP contribution in [0.3, 0.4) is 0 Å². The topological polar surface area (TPSA) is 88.1 Å². The average Bonchev–Trinajstić information content (AvgIpc) is 2.78. The summed E-state index contributed by atoms with van der Waals surface area (Å²) >= 11 is 0. The quantitative estimate of drug-likeness (QED) is 0.661. The summed E-state index contributed by atoms with van der Waals surface area (Å²) in [6.07, 6.45) is 1.94. The molecular formula is C27H32N2O5. The number of nitrogens with zero attached hydrogens (tertiary/aromatic N) is 1.